The predicted molar refractivity (Wildman–Crippen MR) is 92.9 cm³/mol. The molecule has 1 aromatic carbocycles. The van der Waals surface area contributed by atoms with Crippen molar-refractivity contribution >= 4 is 52.6 Å². The Kier molecular flexibility index (Phi) is 6.09. The molecule has 0 radical (unpaired) electrons. The molecule has 0 aliphatic rings. The lowest BCUT2D eigenvalue weighted by molar-refractivity contribution is -0.115. The van der Waals surface area contributed by atoms with Gasteiger partial charge in [0, 0.05) is 11.3 Å². The molecule has 2 rings (SSSR count). The highest BCUT2D eigenvalue weighted by atomic mass is 35.5. The fraction of sp³-hybridized carbons (Fsp3) is 0.214. The van der Waals surface area contributed by atoms with Gasteiger partial charge in [0.2, 0.25) is 5.91 Å². The first-order valence-electron chi connectivity index (χ1n) is 6.96. The summed E-state index contributed by atoms with van der Waals surface area (Å²) in [6.07, 6.45) is 1.20. The summed E-state index contributed by atoms with van der Waals surface area (Å²) in [6.45, 7) is 1.59. The second-order valence-corrected chi connectivity index (χ2v) is 6.82. The lowest BCUT2D eigenvalue weighted by atomic mass is 10.2. The van der Waals surface area contributed by atoms with Crippen molar-refractivity contribution < 1.29 is 22.8 Å². The van der Waals surface area contributed by atoms with Crippen LogP contribution >= 0.6 is 35.0 Å². The molecule has 3 N–H and O–H groups in total. The topological polar surface area (TPSA) is 90.0 Å². The van der Waals surface area contributed by atoms with Crippen LogP contribution in [0.4, 0.5) is 19.0 Å². The number of benzene rings is 1. The number of carbonyl (C=O) groups is 2. The minimum atomic E-state index is -4.51. The number of alkyl halides is 3. The van der Waals surface area contributed by atoms with E-state index >= 15 is 0 Å². The minimum Gasteiger partial charge on any atom is -0.365 e. The van der Waals surface area contributed by atoms with Crippen LogP contribution in [0.1, 0.15) is 23.7 Å². The van der Waals surface area contributed by atoms with E-state index in [-0.39, 0.29) is 50.2 Å². The quantitative estimate of drug-likeness (QED) is 0.699. The zero-order chi connectivity index (χ0) is 19.6. The van der Waals surface area contributed by atoms with E-state index in [1.807, 2.05) is 0 Å². The Hall–Kier alpha value is -1.91. The molecule has 1 heterocycles. The van der Waals surface area contributed by atoms with Gasteiger partial charge < -0.3 is 11.1 Å². The molecule has 0 spiro atoms. The van der Waals surface area contributed by atoms with Gasteiger partial charge in [0.25, 0.3) is 5.91 Å². The van der Waals surface area contributed by atoms with Crippen molar-refractivity contribution in [3.05, 3.63) is 33.9 Å². The molecule has 0 aliphatic heterocycles. The molecule has 2 amide bonds. The van der Waals surface area contributed by atoms with Gasteiger partial charge in [-0.25, -0.2) is 4.68 Å². The van der Waals surface area contributed by atoms with Gasteiger partial charge >= 0.3 is 5.51 Å². The molecule has 0 saturated heterocycles. The maximum atomic E-state index is 12.5. The van der Waals surface area contributed by atoms with Gasteiger partial charge in [-0.05, 0) is 23.9 Å². The first-order valence-corrected chi connectivity index (χ1v) is 8.53. The normalized spacial score (nSPS) is 11.5. The predicted octanol–water partition coefficient (Wildman–Crippen LogP) is 4.24. The van der Waals surface area contributed by atoms with Gasteiger partial charge in [-0.1, -0.05) is 30.1 Å². The molecule has 12 heteroatoms. The number of anilines is 1. The van der Waals surface area contributed by atoms with E-state index in [0.29, 0.717) is 0 Å². The van der Waals surface area contributed by atoms with E-state index in [1.54, 1.807) is 6.92 Å². The number of hydrogen-bond donors (Lipinski definition) is 2. The molecule has 26 heavy (non-hydrogen) atoms. The van der Waals surface area contributed by atoms with E-state index in [9.17, 15) is 22.8 Å². The third kappa shape index (κ3) is 4.63. The molecule has 140 valence electrons. The number of primary amides is 1. The molecule has 0 unspecified atom stereocenters. The van der Waals surface area contributed by atoms with Crippen molar-refractivity contribution in [1.82, 2.24) is 9.78 Å². The van der Waals surface area contributed by atoms with Crippen LogP contribution in [-0.2, 0) is 4.79 Å². The Morgan fingerprint density at radius 1 is 1.31 bits per heavy atom. The highest BCUT2D eigenvalue weighted by Gasteiger charge is 2.30. The Balaban J connectivity index is 2.58. The van der Waals surface area contributed by atoms with Crippen LogP contribution in [-0.4, -0.2) is 27.1 Å². The van der Waals surface area contributed by atoms with Crippen molar-refractivity contribution in [2.45, 2.75) is 23.7 Å². The van der Waals surface area contributed by atoms with Gasteiger partial charge in [0.15, 0.2) is 0 Å². The highest BCUT2D eigenvalue weighted by molar-refractivity contribution is 8.00. The smallest absolute Gasteiger partial charge is 0.365 e. The van der Waals surface area contributed by atoms with Crippen molar-refractivity contribution in [3.63, 3.8) is 0 Å². The van der Waals surface area contributed by atoms with Crippen molar-refractivity contribution in [2.75, 3.05) is 5.32 Å². The van der Waals surface area contributed by atoms with E-state index in [2.05, 4.69) is 10.4 Å². The number of amides is 2. The van der Waals surface area contributed by atoms with E-state index in [1.165, 1.54) is 0 Å². The Morgan fingerprint density at radius 2 is 1.88 bits per heavy atom. The lowest BCUT2D eigenvalue weighted by Crippen LogP contribution is -2.19. The first-order chi connectivity index (χ1) is 12.0. The number of nitrogens with one attached hydrogen (secondary N) is 1. The van der Waals surface area contributed by atoms with Crippen LogP contribution in [0.5, 0.6) is 0 Å². The van der Waals surface area contributed by atoms with Gasteiger partial charge in [-0.2, -0.15) is 18.3 Å². The maximum Gasteiger partial charge on any atom is 0.446 e. The zero-order valence-corrected chi connectivity index (χ0v) is 15.4. The summed E-state index contributed by atoms with van der Waals surface area (Å²) in [4.78, 5) is 23.0. The highest BCUT2D eigenvalue weighted by Crippen LogP contribution is 2.41. The summed E-state index contributed by atoms with van der Waals surface area (Å²) in [5.41, 5.74) is 0.635. The Bertz CT molecular complexity index is 847. The monoisotopic (exact) mass is 426 g/mol. The van der Waals surface area contributed by atoms with Crippen molar-refractivity contribution in [3.8, 4) is 5.69 Å². The zero-order valence-electron chi connectivity index (χ0n) is 13.0. The molecular formula is C14H11Cl2F3N4O2S. The Morgan fingerprint density at radius 3 is 2.35 bits per heavy atom. The summed E-state index contributed by atoms with van der Waals surface area (Å²) in [7, 11) is 0. The molecule has 6 nitrogen and oxygen atoms in total. The first kappa shape index (κ1) is 20.4. The molecule has 0 saturated carbocycles. The average molecular weight is 427 g/mol. The van der Waals surface area contributed by atoms with Gasteiger partial charge in [0.05, 0.1) is 16.2 Å². The number of aromatic nitrogens is 2. The van der Waals surface area contributed by atoms with Crippen molar-refractivity contribution in [1.29, 1.82) is 0 Å². The van der Waals surface area contributed by atoms with E-state index in [4.69, 9.17) is 28.9 Å². The van der Waals surface area contributed by atoms with Crippen LogP contribution < -0.4 is 11.1 Å². The molecule has 0 aliphatic carbocycles. The van der Waals surface area contributed by atoms with E-state index < -0.39 is 17.3 Å². The number of thioether (sulfide) groups is 1. The maximum absolute atomic E-state index is 12.5. The number of carbonyl (C=O) groups excluding carboxylic acids is 2. The summed E-state index contributed by atoms with van der Waals surface area (Å²) in [5.74, 6) is -1.38. The van der Waals surface area contributed by atoms with Gasteiger partial charge in [-0.15, -0.1) is 0 Å². The summed E-state index contributed by atoms with van der Waals surface area (Å²) in [5, 5.41) is 6.06. The number of hydrogen-bond acceptors (Lipinski definition) is 4. The second-order valence-electron chi connectivity index (χ2n) is 4.87. The SMILES string of the molecule is CCC(=O)Nc1c(C(N)=O)cnn1-c1c(Cl)cc(SC(F)(F)F)cc1Cl. The van der Waals surface area contributed by atoms with Gasteiger partial charge in [0.1, 0.15) is 17.1 Å². The molecule has 0 fully saturated rings. The molecule has 0 bridgehead atoms. The Labute approximate surface area is 159 Å². The summed E-state index contributed by atoms with van der Waals surface area (Å²) < 4.78 is 38.6. The van der Waals surface area contributed by atoms with Gasteiger partial charge in [-0.3, -0.25) is 9.59 Å². The minimum absolute atomic E-state index is 0.00115. The molecular weight excluding hydrogens is 416 g/mol. The van der Waals surface area contributed by atoms with Crippen LogP contribution in [0.25, 0.3) is 5.69 Å². The summed E-state index contributed by atoms with van der Waals surface area (Å²) in [6, 6.07) is 2.11. The van der Waals surface area contributed by atoms with Crippen molar-refractivity contribution in [2.24, 2.45) is 5.73 Å². The second kappa shape index (κ2) is 7.77. The number of nitrogens with two attached hydrogens (primary N) is 1. The third-order valence-electron chi connectivity index (χ3n) is 3.05. The number of halogens is 5. The standard InChI is InChI=1S/C14H11Cl2F3N4O2S/c1-2-10(24)22-13-7(12(20)25)5-21-23(13)11-8(15)3-6(4-9(11)16)26-14(17,18)19/h3-5H,2H2,1H3,(H2,20,25)(H,22,24). The average Bonchev–Trinajstić information content (AvgIpc) is 2.88. The molecule has 1 aromatic heterocycles. The van der Waals surface area contributed by atoms with Crippen LogP contribution in [0, 0.1) is 0 Å². The molecule has 0 atom stereocenters. The lowest BCUT2D eigenvalue weighted by Gasteiger charge is -2.14. The van der Waals surface area contributed by atoms with Crippen LogP contribution in [0.2, 0.25) is 10.0 Å². The number of rotatable bonds is 5. The largest absolute Gasteiger partial charge is 0.446 e. The fourth-order valence-electron chi connectivity index (χ4n) is 1.98. The number of nitrogens with zero attached hydrogens (tertiary/aromatic N) is 2. The third-order valence-corrected chi connectivity index (χ3v) is 4.33. The van der Waals surface area contributed by atoms with E-state index in [0.717, 1.165) is 23.0 Å². The summed E-state index contributed by atoms with van der Waals surface area (Å²) >= 11 is 11.8. The molecule has 2 aromatic rings. The fourth-order valence-corrected chi connectivity index (χ4v) is 3.37. The van der Waals surface area contributed by atoms with Crippen LogP contribution in [0.3, 0.4) is 0 Å². The van der Waals surface area contributed by atoms with Crippen LogP contribution in [0.15, 0.2) is 23.2 Å².